The number of carbonyl (C=O) groups is 1. The Labute approximate surface area is 151 Å². The molecule has 0 unspecified atom stereocenters. The molecular formula is C21H18FNO3. The van der Waals surface area contributed by atoms with Gasteiger partial charge in [0, 0.05) is 0 Å². The minimum Gasteiger partial charge on any atom is -0.481 e. The van der Waals surface area contributed by atoms with E-state index in [1.54, 1.807) is 30.3 Å². The second kappa shape index (κ2) is 8.16. The lowest BCUT2D eigenvalue weighted by Crippen LogP contribution is -2.20. The van der Waals surface area contributed by atoms with Crippen molar-refractivity contribution in [2.75, 3.05) is 11.9 Å². The lowest BCUT2D eigenvalue weighted by atomic mass is 10.2. The van der Waals surface area contributed by atoms with Gasteiger partial charge in [-0.25, -0.2) is 4.39 Å². The molecule has 4 nitrogen and oxygen atoms in total. The van der Waals surface area contributed by atoms with Gasteiger partial charge in [0.1, 0.15) is 5.75 Å². The number of rotatable bonds is 6. The van der Waals surface area contributed by atoms with Gasteiger partial charge >= 0.3 is 0 Å². The minimum atomic E-state index is -0.511. The molecule has 0 aromatic heterocycles. The molecule has 0 saturated carbocycles. The van der Waals surface area contributed by atoms with E-state index in [4.69, 9.17) is 9.47 Å². The van der Waals surface area contributed by atoms with Gasteiger partial charge in [-0.05, 0) is 43.3 Å². The first-order chi connectivity index (χ1) is 12.6. The first-order valence-corrected chi connectivity index (χ1v) is 8.12. The van der Waals surface area contributed by atoms with Crippen molar-refractivity contribution < 1.29 is 18.7 Å². The molecule has 0 aliphatic heterocycles. The van der Waals surface area contributed by atoms with Crippen molar-refractivity contribution in [3.8, 4) is 17.2 Å². The highest BCUT2D eigenvalue weighted by Crippen LogP contribution is 2.29. The fraction of sp³-hybridized carbons (Fsp3) is 0.0952. The summed E-state index contributed by atoms with van der Waals surface area (Å²) in [6.07, 6.45) is 0. The molecule has 132 valence electrons. The van der Waals surface area contributed by atoms with Gasteiger partial charge in [0.2, 0.25) is 0 Å². The van der Waals surface area contributed by atoms with Crippen molar-refractivity contribution in [1.29, 1.82) is 0 Å². The Morgan fingerprint density at radius 1 is 0.923 bits per heavy atom. The molecule has 5 heteroatoms. The van der Waals surface area contributed by atoms with Crippen LogP contribution in [0, 0.1) is 12.7 Å². The fourth-order valence-electron chi connectivity index (χ4n) is 2.28. The number of anilines is 1. The number of ether oxygens (including phenoxy) is 2. The van der Waals surface area contributed by atoms with Gasteiger partial charge in [-0.3, -0.25) is 4.79 Å². The van der Waals surface area contributed by atoms with Gasteiger partial charge in [-0.2, -0.15) is 0 Å². The quantitative estimate of drug-likeness (QED) is 0.684. The number of benzene rings is 3. The summed E-state index contributed by atoms with van der Waals surface area (Å²) in [7, 11) is 0. The number of nitrogens with one attached hydrogen (secondary N) is 1. The zero-order chi connectivity index (χ0) is 18.4. The maximum atomic E-state index is 13.5. The van der Waals surface area contributed by atoms with Crippen molar-refractivity contribution in [2.45, 2.75) is 6.92 Å². The van der Waals surface area contributed by atoms with Crippen molar-refractivity contribution in [3.05, 3.63) is 84.2 Å². The summed E-state index contributed by atoms with van der Waals surface area (Å²) >= 11 is 0. The number of para-hydroxylation sites is 3. The molecule has 0 bridgehead atoms. The third kappa shape index (κ3) is 4.60. The monoisotopic (exact) mass is 351 g/mol. The molecule has 0 spiro atoms. The molecule has 0 aliphatic carbocycles. The van der Waals surface area contributed by atoms with Crippen molar-refractivity contribution in [1.82, 2.24) is 0 Å². The summed E-state index contributed by atoms with van der Waals surface area (Å²) in [6.45, 7) is 1.69. The molecule has 0 radical (unpaired) electrons. The molecule has 3 aromatic carbocycles. The normalized spacial score (nSPS) is 10.2. The molecule has 26 heavy (non-hydrogen) atoms. The molecule has 0 fully saturated rings. The molecule has 0 heterocycles. The molecule has 3 aromatic rings. The Balaban J connectivity index is 1.65. The number of aryl methyl sites for hydroxylation is 1. The zero-order valence-electron chi connectivity index (χ0n) is 14.2. The van der Waals surface area contributed by atoms with Crippen LogP contribution in [0.4, 0.5) is 10.1 Å². The van der Waals surface area contributed by atoms with E-state index in [1.165, 1.54) is 12.1 Å². The van der Waals surface area contributed by atoms with Crippen LogP contribution >= 0.6 is 0 Å². The Hall–Kier alpha value is -3.34. The van der Waals surface area contributed by atoms with E-state index in [9.17, 15) is 9.18 Å². The average Bonchev–Trinajstić information content (AvgIpc) is 2.64. The summed E-state index contributed by atoms with van der Waals surface area (Å²) in [4.78, 5) is 12.1. The summed E-state index contributed by atoms with van der Waals surface area (Å²) < 4.78 is 24.6. The SMILES string of the molecule is Cc1ccc(Oc2ccccc2NC(=O)COc2ccccc2F)cc1. The molecule has 1 N–H and O–H groups in total. The number of amides is 1. The van der Waals surface area contributed by atoms with Crippen LogP contribution in [0.2, 0.25) is 0 Å². The van der Waals surface area contributed by atoms with Crippen LogP contribution in [0.3, 0.4) is 0 Å². The van der Waals surface area contributed by atoms with Crippen LogP contribution in [-0.4, -0.2) is 12.5 Å². The number of halogens is 1. The molecule has 1 amide bonds. The second-order valence-electron chi connectivity index (χ2n) is 5.68. The van der Waals surface area contributed by atoms with Crippen molar-refractivity contribution in [2.24, 2.45) is 0 Å². The van der Waals surface area contributed by atoms with Crippen molar-refractivity contribution >= 4 is 11.6 Å². The smallest absolute Gasteiger partial charge is 0.262 e. The Morgan fingerprint density at radius 3 is 2.31 bits per heavy atom. The first kappa shape index (κ1) is 17.5. The van der Waals surface area contributed by atoms with Crippen LogP contribution in [0.25, 0.3) is 0 Å². The van der Waals surface area contributed by atoms with E-state index in [2.05, 4.69) is 5.32 Å². The third-order valence-corrected chi connectivity index (χ3v) is 3.61. The predicted octanol–water partition coefficient (Wildman–Crippen LogP) is 4.94. The van der Waals surface area contributed by atoms with Gasteiger partial charge < -0.3 is 14.8 Å². The van der Waals surface area contributed by atoms with Crippen LogP contribution in [0.15, 0.2) is 72.8 Å². The number of hydrogen-bond donors (Lipinski definition) is 1. The highest BCUT2D eigenvalue weighted by molar-refractivity contribution is 5.93. The maximum absolute atomic E-state index is 13.5. The highest BCUT2D eigenvalue weighted by atomic mass is 19.1. The van der Waals surface area contributed by atoms with E-state index in [0.717, 1.165) is 5.56 Å². The van der Waals surface area contributed by atoms with Gasteiger partial charge in [0.25, 0.3) is 5.91 Å². The highest BCUT2D eigenvalue weighted by Gasteiger charge is 2.10. The van der Waals surface area contributed by atoms with Crippen LogP contribution < -0.4 is 14.8 Å². The van der Waals surface area contributed by atoms with E-state index in [0.29, 0.717) is 17.2 Å². The minimum absolute atomic E-state index is 0.0341. The summed E-state index contributed by atoms with van der Waals surface area (Å²) in [5.74, 6) is 0.291. The lowest BCUT2D eigenvalue weighted by Gasteiger charge is -2.13. The molecule has 3 rings (SSSR count). The van der Waals surface area contributed by atoms with Gasteiger partial charge in [0.05, 0.1) is 5.69 Å². The largest absolute Gasteiger partial charge is 0.481 e. The Kier molecular flexibility index (Phi) is 5.49. The molecule has 0 atom stereocenters. The summed E-state index contributed by atoms with van der Waals surface area (Å²) in [6, 6.07) is 20.6. The Morgan fingerprint density at radius 2 is 1.58 bits per heavy atom. The van der Waals surface area contributed by atoms with Crippen molar-refractivity contribution in [3.63, 3.8) is 0 Å². The summed E-state index contributed by atoms with van der Waals surface area (Å²) in [5, 5.41) is 2.72. The first-order valence-electron chi connectivity index (χ1n) is 8.12. The number of hydrogen-bond acceptors (Lipinski definition) is 3. The average molecular weight is 351 g/mol. The second-order valence-corrected chi connectivity index (χ2v) is 5.68. The topological polar surface area (TPSA) is 47.6 Å². The maximum Gasteiger partial charge on any atom is 0.262 e. The van der Waals surface area contributed by atoms with Crippen LogP contribution in [0.1, 0.15) is 5.56 Å². The molecular weight excluding hydrogens is 333 g/mol. The van der Waals surface area contributed by atoms with Crippen LogP contribution in [-0.2, 0) is 4.79 Å². The summed E-state index contributed by atoms with van der Waals surface area (Å²) in [5.41, 5.74) is 1.64. The molecule has 0 aliphatic rings. The van der Waals surface area contributed by atoms with E-state index in [1.807, 2.05) is 37.3 Å². The zero-order valence-corrected chi connectivity index (χ0v) is 14.2. The lowest BCUT2D eigenvalue weighted by molar-refractivity contribution is -0.118. The van der Waals surface area contributed by atoms with Crippen LogP contribution in [0.5, 0.6) is 17.2 Å². The van der Waals surface area contributed by atoms with Gasteiger partial charge in [-0.1, -0.05) is 42.0 Å². The molecule has 0 saturated heterocycles. The van der Waals surface area contributed by atoms with Gasteiger partial charge in [-0.15, -0.1) is 0 Å². The third-order valence-electron chi connectivity index (χ3n) is 3.61. The number of carbonyl (C=O) groups excluding carboxylic acids is 1. The fourth-order valence-corrected chi connectivity index (χ4v) is 2.28. The predicted molar refractivity (Wildman–Crippen MR) is 98.2 cm³/mol. The standard InChI is InChI=1S/C21H18FNO3/c1-15-10-12-16(13-11-15)26-20-9-5-3-7-18(20)23-21(24)14-25-19-8-4-2-6-17(19)22/h2-13H,14H2,1H3,(H,23,24). The van der Waals surface area contributed by atoms with E-state index < -0.39 is 11.7 Å². The van der Waals surface area contributed by atoms with Gasteiger partial charge in [0.15, 0.2) is 23.9 Å². The van der Waals surface area contributed by atoms with E-state index >= 15 is 0 Å². The van der Waals surface area contributed by atoms with E-state index in [-0.39, 0.29) is 12.4 Å². The Bertz CT molecular complexity index is 894.